The van der Waals surface area contributed by atoms with Crippen LogP contribution in [0.5, 0.6) is 0 Å². The fraction of sp³-hybridized carbons (Fsp3) is 0.200. The third-order valence-corrected chi connectivity index (χ3v) is 3.19. The molecule has 3 nitrogen and oxygen atoms in total. The summed E-state index contributed by atoms with van der Waals surface area (Å²) in [6.45, 7) is 4.35. The first-order chi connectivity index (χ1) is 8.74. The Hall–Kier alpha value is -2.16. The lowest BCUT2D eigenvalue weighted by molar-refractivity contribution is 0.859. The second-order valence-corrected chi connectivity index (χ2v) is 4.80. The van der Waals surface area contributed by atoms with Crippen molar-refractivity contribution in [3.8, 4) is 11.3 Å². The highest BCUT2D eigenvalue weighted by molar-refractivity contribution is 5.83. The van der Waals surface area contributed by atoms with Gasteiger partial charge in [-0.25, -0.2) is 0 Å². The van der Waals surface area contributed by atoms with Crippen LogP contribution in [-0.4, -0.2) is 15.2 Å². The standard InChI is InChI=1S/C15H15N3/c1-10(2)12-5-6-14(16-8-12)11-3-4-13-9-17-18-15(13)7-11/h3-10H,1-2H3,(H,17,18). The van der Waals surface area contributed by atoms with Crippen LogP contribution < -0.4 is 0 Å². The van der Waals surface area contributed by atoms with Gasteiger partial charge >= 0.3 is 0 Å². The summed E-state index contributed by atoms with van der Waals surface area (Å²) in [5, 5.41) is 8.13. The zero-order valence-electron chi connectivity index (χ0n) is 10.5. The number of hydrogen-bond donors (Lipinski definition) is 1. The predicted octanol–water partition coefficient (Wildman–Crippen LogP) is 3.75. The monoisotopic (exact) mass is 237 g/mol. The van der Waals surface area contributed by atoms with Crippen molar-refractivity contribution in [3.05, 3.63) is 48.3 Å². The van der Waals surface area contributed by atoms with Crippen molar-refractivity contribution in [1.29, 1.82) is 0 Å². The Morgan fingerprint density at radius 3 is 2.67 bits per heavy atom. The molecule has 0 aliphatic heterocycles. The highest BCUT2D eigenvalue weighted by atomic mass is 15.1. The van der Waals surface area contributed by atoms with Gasteiger partial charge in [-0.3, -0.25) is 10.1 Å². The molecule has 90 valence electrons. The number of fused-ring (bicyclic) bond motifs is 1. The summed E-state index contributed by atoms with van der Waals surface area (Å²) in [6, 6.07) is 10.4. The summed E-state index contributed by atoms with van der Waals surface area (Å²) in [6.07, 6.45) is 3.78. The van der Waals surface area contributed by atoms with E-state index in [1.807, 2.05) is 12.4 Å². The number of hydrogen-bond acceptors (Lipinski definition) is 2. The first-order valence-electron chi connectivity index (χ1n) is 6.13. The molecular formula is C15H15N3. The average molecular weight is 237 g/mol. The van der Waals surface area contributed by atoms with E-state index < -0.39 is 0 Å². The smallest absolute Gasteiger partial charge is 0.0702 e. The first-order valence-corrected chi connectivity index (χ1v) is 6.13. The summed E-state index contributed by atoms with van der Waals surface area (Å²) in [7, 11) is 0. The zero-order valence-corrected chi connectivity index (χ0v) is 10.5. The summed E-state index contributed by atoms with van der Waals surface area (Å²) in [5.74, 6) is 0.515. The topological polar surface area (TPSA) is 41.6 Å². The molecule has 3 heteroatoms. The number of pyridine rings is 1. The lowest BCUT2D eigenvalue weighted by Gasteiger charge is -2.06. The van der Waals surface area contributed by atoms with Gasteiger partial charge in [0.05, 0.1) is 17.4 Å². The number of H-pyrrole nitrogens is 1. The maximum absolute atomic E-state index is 4.53. The largest absolute Gasteiger partial charge is 0.278 e. The van der Waals surface area contributed by atoms with Gasteiger partial charge in [0.15, 0.2) is 0 Å². The van der Waals surface area contributed by atoms with Crippen molar-refractivity contribution >= 4 is 10.9 Å². The van der Waals surface area contributed by atoms with Gasteiger partial charge in [-0.15, -0.1) is 0 Å². The number of rotatable bonds is 2. The van der Waals surface area contributed by atoms with Crippen LogP contribution >= 0.6 is 0 Å². The Kier molecular flexibility index (Phi) is 2.59. The third kappa shape index (κ3) is 1.88. The van der Waals surface area contributed by atoms with Crippen LogP contribution in [0.15, 0.2) is 42.7 Å². The van der Waals surface area contributed by atoms with Crippen molar-refractivity contribution < 1.29 is 0 Å². The minimum absolute atomic E-state index is 0.515. The molecule has 1 aromatic carbocycles. The van der Waals surface area contributed by atoms with Gasteiger partial charge in [0, 0.05) is 17.1 Å². The summed E-state index contributed by atoms with van der Waals surface area (Å²) < 4.78 is 0. The molecule has 0 aliphatic carbocycles. The van der Waals surface area contributed by atoms with E-state index in [9.17, 15) is 0 Å². The molecule has 0 spiro atoms. The summed E-state index contributed by atoms with van der Waals surface area (Å²) in [4.78, 5) is 4.53. The molecule has 3 rings (SSSR count). The van der Waals surface area contributed by atoms with Gasteiger partial charge in [-0.1, -0.05) is 32.0 Å². The van der Waals surface area contributed by atoms with Crippen LogP contribution in [0.1, 0.15) is 25.3 Å². The van der Waals surface area contributed by atoms with Gasteiger partial charge in [-0.05, 0) is 23.6 Å². The van der Waals surface area contributed by atoms with E-state index in [1.54, 1.807) is 0 Å². The zero-order chi connectivity index (χ0) is 12.5. The quantitative estimate of drug-likeness (QED) is 0.737. The van der Waals surface area contributed by atoms with Crippen molar-refractivity contribution in [2.24, 2.45) is 0 Å². The van der Waals surface area contributed by atoms with E-state index in [-0.39, 0.29) is 0 Å². The van der Waals surface area contributed by atoms with Gasteiger partial charge in [-0.2, -0.15) is 5.10 Å². The Bertz CT molecular complexity index is 666. The molecule has 0 unspecified atom stereocenters. The summed E-state index contributed by atoms with van der Waals surface area (Å²) in [5.41, 5.74) is 4.42. The van der Waals surface area contributed by atoms with Gasteiger partial charge in [0.2, 0.25) is 0 Å². The maximum Gasteiger partial charge on any atom is 0.0702 e. The molecule has 0 amide bonds. The van der Waals surface area contributed by atoms with Gasteiger partial charge < -0.3 is 0 Å². The number of benzene rings is 1. The Balaban J connectivity index is 2.02. The number of aromatic amines is 1. The van der Waals surface area contributed by atoms with Crippen molar-refractivity contribution in [2.75, 3.05) is 0 Å². The minimum atomic E-state index is 0.515. The first kappa shape index (κ1) is 11.0. The van der Waals surface area contributed by atoms with Gasteiger partial charge in [0.25, 0.3) is 0 Å². The molecule has 2 aromatic heterocycles. The fourth-order valence-electron chi connectivity index (χ4n) is 2.01. The fourth-order valence-corrected chi connectivity index (χ4v) is 2.01. The third-order valence-electron chi connectivity index (χ3n) is 3.19. The molecule has 3 aromatic rings. The van der Waals surface area contributed by atoms with Gasteiger partial charge in [0.1, 0.15) is 0 Å². The molecule has 0 aliphatic rings. The molecular weight excluding hydrogens is 222 g/mol. The molecule has 0 fully saturated rings. The highest BCUT2D eigenvalue weighted by Crippen LogP contribution is 2.23. The van der Waals surface area contributed by atoms with E-state index in [4.69, 9.17) is 0 Å². The molecule has 1 N–H and O–H groups in total. The van der Waals surface area contributed by atoms with Crippen LogP contribution in [0.2, 0.25) is 0 Å². The number of aromatic nitrogens is 3. The van der Waals surface area contributed by atoms with Crippen molar-refractivity contribution in [1.82, 2.24) is 15.2 Å². The van der Waals surface area contributed by atoms with Crippen molar-refractivity contribution in [3.63, 3.8) is 0 Å². The normalized spacial score (nSPS) is 11.3. The van der Waals surface area contributed by atoms with E-state index in [2.05, 4.69) is 59.4 Å². The molecule has 18 heavy (non-hydrogen) atoms. The predicted molar refractivity (Wildman–Crippen MR) is 73.4 cm³/mol. The second kappa shape index (κ2) is 4.26. The molecule has 0 atom stereocenters. The number of nitrogens with one attached hydrogen (secondary N) is 1. The Labute approximate surface area is 106 Å². The second-order valence-electron chi connectivity index (χ2n) is 4.80. The van der Waals surface area contributed by atoms with E-state index >= 15 is 0 Å². The lowest BCUT2D eigenvalue weighted by Crippen LogP contribution is -1.90. The Morgan fingerprint density at radius 1 is 1.06 bits per heavy atom. The molecule has 0 bridgehead atoms. The minimum Gasteiger partial charge on any atom is -0.278 e. The van der Waals surface area contributed by atoms with Crippen molar-refractivity contribution in [2.45, 2.75) is 19.8 Å². The van der Waals surface area contributed by atoms with Crippen LogP contribution in [-0.2, 0) is 0 Å². The maximum atomic E-state index is 4.53. The van der Waals surface area contributed by atoms with Crippen LogP contribution in [0.3, 0.4) is 0 Å². The molecule has 0 radical (unpaired) electrons. The SMILES string of the molecule is CC(C)c1ccc(-c2ccc3cn[nH]c3c2)nc1. The molecule has 0 saturated heterocycles. The van der Waals surface area contributed by atoms with Crippen LogP contribution in [0, 0.1) is 0 Å². The average Bonchev–Trinajstić information content (AvgIpc) is 2.86. The highest BCUT2D eigenvalue weighted by Gasteiger charge is 2.04. The lowest BCUT2D eigenvalue weighted by atomic mass is 10.0. The van der Waals surface area contributed by atoms with Crippen LogP contribution in [0.25, 0.3) is 22.2 Å². The summed E-state index contributed by atoms with van der Waals surface area (Å²) >= 11 is 0. The molecule has 2 heterocycles. The Morgan fingerprint density at radius 2 is 1.94 bits per heavy atom. The van der Waals surface area contributed by atoms with Crippen LogP contribution in [0.4, 0.5) is 0 Å². The van der Waals surface area contributed by atoms with E-state index in [0.29, 0.717) is 5.92 Å². The molecule has 0 saturated carbocycles. The van der Waals surface area contributed by atoms with E-state index in [0.717, 1.165) is 22.2 Å². The number of nitrogens with zero attached hydrogens (tertiary/aromatic N) is 2. The van der Waals surface area contributed by atoms with E-state index in [1.165, 1.54) is 5.56 Å².